The highest BCUT2D eigenvalue weighted by Crippen LogP contribution is 2.31. The number of amides is 2. The van der Waals surface area contributed by atoms with Crippen LogP contribution in [-0.2, 0) is 9.59 Å². The number of rotatable bonds is 7. The van der Waals surface area contributed by atoms with Crippen molar-refractivity contribution in [1.29, 1.82) is 0 Å². The monoisotopic (exact) mass is 521 g/mol. The van der Waals surface area contributed by atoms with E-state index in [9.17, 15) is 9.59 Å². The van der Waals surface area contributed by atoms with E-state index in [0.29, 0.717) is 40.3 Å². The zero-order valence-electron chi connectivity index (χ0n) is 20.6. The fraction of sp³-hybridized carbons (Fsp3) is 0.440. The van der Waals surface area contributed by atoms with Gasteiger partial charge in [-0.15, -0.1) is 0 Å². The van der Waals surface area contributed by atoms with Gasteiger partial charge in [0, 0.05) is 31.9 Å². The van der Waals surface area contributed by atoms with Crippen LogP contribution in [0.5, 0.6) is 5.75 Å². The maximum atomic E-state index is 12.8. The topological polar surface area (TPSA) is 114 Å². The van der Waals surface area contributed by atoms with Crippen molar-refractivity contribution in [3.63, 3.8) is 0 Å². The SMILES string of the molecule is Cc1cc(OCC(=O)N(C)C2CCN(CC(=O)Nc3cc(Cl)c(N)cc3Cl)CC2)c(C)c(C)c1N. The number of likely N-dealkylation sites (N-methyl/N-ethyl adjacent to an activating group) is 1. The molecular formula is C25H33Cl2N5O3. The summed E-state index contributed by atoms with van der Waals surface area (Å²) in [5.74, 6) is 0.412. The smallest absolute Gasteiger partial charge is 0.260 e. The van der Waals surface area contributed by atoms with Crippen LogP contribution in [0.4, 0.5) is 17.1 Å². The summed E-state index contributed by atoms with van der Waals surface area (Å²) in [4.78, 5) is 29.1. The molecule has 1 aliphatic heterocycles. The number of hydrogen-bond acceptors (Lipinski definition) is 6. The predicted molar refractivity (Wildman–Crippen MR) is 142 cm³/mol. The number of nitrogens with one attached hydrogen (secondary N) is 1. The number of halogens is 2. The quantitative estimate of drug-likeness (QED) is 0.474. The first-order chi connectivity index (χ1) is 16.5. The van der Waals surface area contributed by atoms with E-state index < -0.39 is 0 Å². The maximum Gasteiger partial charge on any atom is 0.260 e. The van der Waals surface area contributed by atoms with Gasteiger partial charge in [0.15, 0.2) is 6.61 Å². The Morgan fingerprint density at radius 2 is 1.74 bits per heavy atom. The average Bonchev–Trinajstić information content (AvgIpc) is 2.82. The first kappa shape index (κ1) is 26.9. The number of hydrogen-bond donors (Lipinski definition) is 3. The first-order valence-corrected chi connectivity index (χ1v) is 12.2. The molecule has 0 saturated carbocycles. The predicted octanol–water partition coefficient (Wildman–Crippen LogP) is 4.02. The number of anilines is 3. The standard InChI is InChI=1S/C25H33Cl2N5O3/c1-14-9-22(15(2)16(3)25(14)29)35-13-24(34)31(4)17-5-7-32(8-6-17)12-23(33)30-21-11-18(26)20(28)10-19(21)27/h9-11,17H,5-8,12-13,28-29H2,1-4H3,(H,30,33). The van der Waals surface area contributed by atoms with Gasteiger partial charge in [-0.25, -0.2) is 0 Å². The molecule has 3 rings (SSSR count). The Hall–Kier alpha value is -2.68. The number of aryl methyl sites for hydroxylation is 1. The van der Waals surface area contributed by atoms with Crippen LogP contribution in [0.25, 0.3) is 0 Å². The highest BCUT2D eigenvalue weighted by molar-refractivity contribution is 6.37. The second kappa shape index (κ2) is 11.4. The van der Waals surface area contributed by atoms with E-state index >= 15 is 0 Å². The molecular weight excluding hydrogens is 489 g/mol. The Kier molecular flexibility index (Phi) is 8.74. The zero-order chi connectivity index (χ0) is 25.9. The Morgan fingerprint density at radius 3 is 2.40 bits per heavy atom. The van der Waals surface area contributed by atoms with Crippen molar-refractivity contribution in [2.24, 2.45) is 0 Å². The molecule has 0 atom stereocenters. The van der Waals surface area contributed by atoms with Crippen LogP contribution >= 0.6 is 23.2 Å². The van der Waals surface area contributed by atoms with Crippen molar-refractivity contribution in [2.75, 3.05) is 50.1 Å². The Balaban J connectivity index is 1.47. The van der Waals surface area contributed by atoms with Gasteiger partial charge in [0.05, 0.1) is 28.0 Å². The van der Waals surface area contributed by atoms with Gasteiger partial charge in [0.25, 0.3) is 5.91 Å². The van der Waals surface area contributed by atoms with Crippen LogP contribution in [0.1, 0.15) is 29.5 Å². The number of carbonyl (C=O) groups is 2. The number of carbonyl (C=O) groups excluding carboxylic acids is 2. The van der Waals surface area contributed by atoms with Gasteiger partial charge in [-0.1, -0.05) is 23.2 Å². The summed E-state index contributed by atoms with van der Waals surface area (Å²) < 4.78 is 5.84. The van der Waals surface area contributed by atoms with Gasteiger partial charge in [0.1, 0.15) is 5.75 Å². The maximum absolute atomic E-state index is 12.8. The van der Waals surface area contributed by atoms with Crippen molar-refractivity contribution in [3.05, 3.63) is 44.9 Å². The summed E-state index contributed by atoms with van der Waals surface area (Å²) in [5.41, 5.74) is 16.2. The molecule has 1 fully saturated rings. The van der Waals surface area contributed by atoms with Crippen molar-refractivity contribution < 1.29 is 14.3 Å². The molecule has 5 N–H and O–H groups in total. The van der Waals surface area contributed by atoms with Gasteiger partial charge in [-0.3, -0.25) is 14.5 Å². The molecule has 2 amide bonds. The fourth-order valence-electron chi connectivity index (χ4n) is 4.18. The second-order valence-corrected chi connectivity index (χ2v) is 9.87. The summed E-state index contributed by atoms with van der Waals surface area (Å²) >= 11 is 12.2. The largest absolute Gasteiger partial charge is 0.483 e. The number of benzene rings is 2. The summed E-state index contributed by atoms with van der Waals surface area (Å²) in [6.45, 7) is 7.40. The lowest BCUT2D eigenvalue weighted by Crippen LogP contribution is -2.48. The Morgan fingerprint density at radius 1 is 1.09 bits per heavy atom. The Bertz CT molecular complexity index is 1120. The molecule has 0 spiro atoms. The van der Waals surface area contributed by atoms with Gasteiger partial charge >= 0.3 is 0 Å². The minimum absolute atomic E-state index is 0.0341. The van der Waals surface area contributed by atoms with E-state index in [0.717, 1.165) is 35.2 Å². The summed E-state index contributed by atoms with van der Waals surface area (Å²) in [6.07, 6.45) is 1.53. The molecule has 2 aromatic rings. The molecule has 8 nitrogen and oxygen atoms in total. The number of nitrogens with two attached hydrogens (primary N) is 2. The lowest BCUT2D eigenvalue weighted by molar-refractivity contribution is -0.135. The number of ether oxygens (including phenoxy) is 1. The fourth-order valence-corrected chi connectivity index (χ4v) is 4.56. The van der Waals surface area contributed by atoms with Crippen LogP contribution in [0.2, 0.25) is 10.0 Å². The molecule has 0 aromatic heterocycles. The minimum Gasteiger partial charge on any atom is -0.483 e. The normalized spacial score (nSPS) is 14.6. The minimum atomic E-state index is -0.187. The summed E-state index contributed by atoms with van der Waals surface area (Å²) in [5, 5.41) is 3.45. The number of piperidine rings is 1. The van der Waals surface area contributed by atoms with Crippen molar-refractivity contribution in [2.45, 2.75) is 39.7 Å². The molecule has 1 aliphatic rings. The van der Waals surface area contributed by atoms with Gasteiger partial charge in [-0.2, -0.15) is 0 Å². The molecule has 35 heavy (non-hydrogen) atoms. The van der Waals surface area contributed by atoms with Crippen LogP contribution in [0.15, 0.2) is 18.2 Å². The van der Waals surface area contributed by atoms with Gasteiger partial charge < -0.3 is 26.4 Å². The number of likely N-dealkylation sites (tertiary alicyclic amines) is 1. The third-order valence-electron chi connectivity index (χ3n) is 6.69. The number of nitrogens with zero attached hydrogens (tertiary/aromatic N) is 2. The third kappa shape index (κ3) is 6.51. The summed E-state index contributed by atoms with van der Waals surface area (Å²) in [7, 11) is 1.80. The van der Waals surface area contributed by atoms with E-state index in [4.69, 9.17) is 39.4 Å². The third-order valence-corrected chi connectivity index (χ3v) is 7.33. The zero-order valence-corrected chi connectivity index (χ0v) is 22.1. The van der Waals surface area contributed by atoms with Gasteiger partial charge in [0.2, 0.25) is 5.91 Å². The van der Waals surface area contributed by atoms with Crippen molar-refractivity contribution in [3.8, 4) is 5.75 Å². The van der Waals surface area contributed by atoms with Crippen LogP contribution < -0.4 is 21.5 Å². The molecule has 10 heteroatoms. The summed E-state index contributed by atoms with van der Waals surface area (Å²) in [6, 6.07) is 5.02. The molecule has 190 valence electrons. The molecule has 1 saturated heterocycles. The van der Waals surface area contributed by atoms with Crippen LogP contribution in [0.3, 0.4) is 0 Å². The molecule has 2 aromatic carbocycles. The van der Waals surface area contributed by atoms with E-state index in [1.165, 1.54) is 6.07 Å². The van der Waals surface area contributed by atoms with Crippen molar-refractivity contribution >= 4 is 52.1 Å². The highest BCUT2D eigenvalue weighted by Gasteiger charge is 2.27. The van der Waals surface area contributed by atoms with Crippen molar-refractivity contribution in [1.82, 2.24) is 9.80 Å². The second-order valence-electron chi connectivity index (χ2n) is 9.06. The lowest BCUT2D eigenvalue weighted by Gasteiger charge is -2.36. The van der Waals surface area contributed by atoms with E-state index in [1.54, 1.807) is 18.0 Å². The molecule has 0 bridgehead atoms. The lowest BCUT2D eigenvalue weighted by atomic mass is 10.0. The van der Waals surface area contributed by atoms with Crippen LogP contribution in [-0.4, -0.2) is 60.9 Å². The highest BCUT2D eigenvalue weighted by atomic mass is 35.5. The number of nitrogen functional groups attached to an aromatic ring is 2. The first-order valence-electron chi connectivity index (χ1n) is 11.5. The molecule has 0 unspecified atom stereocenters. The molecule has 0 radical (unpaired) electrons. The molecule has 1 heterocycles. The molecule has 0 aliphatic carbocycles. The van der Waals surface area contributed by atoms with Crippen LogP contribution in [0, 0.1) is 20.8 Å². The average molecular weight is 522 g/mol. The van der Waals surface area contributed by atoms with Gasteiger partial charge in [-0.05, 0) is 68.5 Å². The van der Waals surface area contributed by atoms with E-state index in [2.05, 4.69) is 10.2 Å². The van der Waals surface area contributed by atoms with E-state index in [1.807, 2.05) is 26.8 Å². The van der Waals surface area contributed by atoms with E-state index in [-0.39, 0.29) is 31.0 Å². The Labute approximate surface area is 216 Å².